The van der Waals surface area contributed by atoms with Crippen molar-refractivity contribution in [2.24, 2.45) is 0 Å². The van der Waals surface area contributed by atoms with Crippen molar-refractivity contribution in [1.29, 1.82) is 0 Å². The maximum Gasteiger partial charge on any atom is 0.198 e. The molecule has 0 unspecified atom stereocenters. The second kappa shape index (κ2) is 4.81. The Morgan fingerprint density at radius 2 is 2.20 bits per heavy atom. The molecule has 0 radical (unpaired) electrons. The average Bonchev–Trinajstić information content (AvgIpc) is 2.61. The summed E-state index contributed by atoms with van der Waals surface area (Å²) in [5, 5.41) is 0.240. The molecular weight excluding hydrogens is 216 g/mol. The normalized spacial score (nSPS) is 11.7. The van der Waals surface area contributed by atoms with Gasteiger partial charge in [0.15, 0.2) is 16.8 Å². The minimum absolute atomic E-state index is 0.0491. The van der Waals surface area contributed by atoms with E-state index < -0.39 is 0 Å². The molecule has 1 rings (SSSR count). The van der Waals surface area contributed by atoms with Crippen LogP contribution in [0.15, 0.2) is 16.5 Å². The molecule has 0 fully saturated rings. The Bertz CT molecular complexity index is 341. The van der Waals surface area contributed by atoms with Gasteiger partial charge >= 0.3 is 0 Å². The lowest BCUT2D eigenvalue weighted by Gasteiger charge is -2.21. The minimum atomic E-state index is -0.286. The standard InChI is InChI=1S/C11H15ClO3/c1-11(2,14-3)7-6-8(13)9-4-5-10(12)15-9/h4-5H,6-7H2,1-3H3. The molecule has 0 amide bonds. The van der Waals surface area contributed by atoms with Crippen molar-refractivity contribution in [3.05, 3.63) is 23.1 Å². The number of rotatable bonds is 5. The summed E-state index contributed by atoms with van der Waals surface area (Å²) in [5.41, 5.74) is -0.286. The fourth-order valence-corrected chi connectivity index (χ4v) is 1.25. The summed E-state index contributed by atoms with van der Waals surface area (Å²) < 4.78 is 10.2. The third-order valence-electron chi connectivity index (χ3n) is 2.35. The molecule has 0 saturated carbocycles. The van der Waals surface area contributed by atoms with Crippen LogP contribution in [0.25, 0.3) is 0 Å². The van der Waals surface area contributed by atoms with Crippen LogP contribution < -0.4 is 0 Å². The van der Waals surface area contributed by atoms with Crippen molar-refractivity contribution >= 4 is 17.4 Å². The average molecular weight is 231 g/mol. The summed E-state index contributed by atoms with van der Waals surface area (Å²) in [5.74, 6) is 0.263. The lowest BCUT2D eigenvalue weighted by atomic mass is 10.00. The predicted molar refractivity (Wildman–Crippen MR) is 58.4 cm³/mol. The summed E-state index contributed by atoms with van der Waals surface area (Å²) in [6.45, 7) is 3.88. The first kappa shape index (κ1) is 12.3. The zero-order valence-corrected chi connectivity index (χ0v) is 9.93. The van der Waals surface area contributed by atoms with Gasteiger partial charge in [0.25, 0.3) is 0 Å². The van der Waals surface area contributed by atoms with Gasteiger partial charge in [-0.25, -0.2) is 0 Å². The van der Waals surface area contributed by atoms with Crippen LogP contribution in [0.1, 0.15) is 37.2 Å². The van der Waals surface area contributed by atoms with Crippen molar-refractivity contribution in [2.45, 2.75) is 32.3 Å². The Kier molecular flexibility index (Phi) is 3.94. The van der Waals surface area contributed by atoms with Crippen LogP contribution in [0.3, 0.4) is 0 Å². The fourth-order valence-electron chi connectivity index (χ4n) is 1.10. The maximum atomic E-state index is 11.6. The molecule has 0 N–H and O–H groups in total. The number of Topliss-reactive ketones (excluding diaryl/α,β-unsaturated/α-hetero) is 1. The van der Waals surface area contributed by atoms with E-state index in [-0.39, 0.29) is 16.6 Å². The van der Waals surface area contributed by atoms with Crippen molar-refractivity contribution in [1.82, 2.24) is 0 Å². The maximum absolute atomic E-state index is 11.6. The number of carbonyl (C=O) groups excluding carboxylic acids is 1. The van der Waals surface area contributed by atoms with Crippen molar-refractivity contribution in [3.8, 4) is 0 Å². The van der Waals surface area contributed by atoms with Crippen LogP contribution >= 0.6 is 11.6 Å². The number of ether oxygens (including phenoxy) is 1. The van der Waals surface area contributed by atoms with Gasteiger partial charge in [-0.3, -0.25) is 4.79 Å². The highest BCUT2D eigenvalue weighted by Gasteiger charge is 2.19. The molecule has 84 valence electrons. The van der Waals surface area contributed by atoms with Crippen LogP contribution in [0.2, 0.25) is 5.22 Å². The highest BCUT2D eigenvalue weighted by Crippen LogP contribution is 2.19. The SMILES string of the molecule is COC(C)(C)CCC(=O)c1ccc(Cl)o1. The Morgan fingerprint density at radius 1 is 1.53 bits per heavy atom. The fraction of sp³-hybridized carbons (Fsp3) is 0.545. The van der Waals surface area contributed by atoms with Crippen molar-refractivity contribution < 1.29 is 13.9 Å². The Hall–Kier alpha value is -0.800. The van der Waals surface area contributed by atoms with E-state index in [1.165, 1.54) is 0 Å². The predicted octanol–water partition coefficient (Wildman–Crippen LogP) is 3.32. The second-order valence-corrected chi connectivity index (χ2v) is 4.36. The molecule has 0 aliphatic rings. The summed E-state index contributed by atoms with van der Waals surface area (Å²) >= 11 is 5.58. The zero-order chi connectivity index (χ0) is 11.5. The second-order valence-electron chi connectivity index (χ2n) is 3.99. The van der Waals surface area contributed by atoms with Crippen molar-refractivity contribution in [2.75, 3.05) is 7.11 Å². The molecule has 0 aliphatic carbocycles. The van der Waals surface area contributed by atoms with Gasteiger partial charge in [0.1, 0.15) is 0 Å². The van der Waals surface area contributed by atoms with Gasteiger partial charge in [0.2, 0.25) is 0 Å². The number of halogens is 1. The first-order valence-corrected chi connectivity index (χ1v) is 5.16. The van der Waals surface area contributed by atoms with Crippen LogP contribution in [-0.2, 0) is 4.74 Å². The molecule has 1 aromatic heterocycles. The third-order valence-corrected chi connectivity index (χ3v) is 2.56. The first-order valence-electron chi connectivity index (χ1n) is 4.78. The Balaban J connectivity index is 2.50. The van der Waals surface area contributed by atoms with E-state index >= 15 is 0 Å². The molecule has 0 atom stereocenters. The highest BCUT2D eigenvalue weighted by molar-refractivity contribution is 6.29. The monoisotopic (exact) mass is 230 g/mol. The molecule has 4 heteroatoms. The van der Waals surface area contributed by atoms with E-state index in [4.69, 9.17) is 20.8 Å². The smallest absolute Gasteiger partial charge is 0.198 e. The van der Waals surface area contributed by atoms with Crippen LogP contribution in [0.5, 0.6) is 0 Å². The number of hydrogen-bond donors (Lipinski definition) is 0. The van der Waals surface area contributed by atoms with Gasteiger partial charge in [-0.15, -0.1) is 0 Å². The third kappa shape index (κ3) is 3.68. The molecule has 1 heterocycles. The molecule has 3 nitrogen and oxygen atoms in total. The number of ketones is 1. The van der Waals surface area contributed by atoms with Gasteiger partial charge in [0, 0.05) is 13.5 Å². The van der Waals surface area contributed by atoms with Crippen LogP contribution in [-0.4, -0.2) is 18.5 Å². The zero-order valence-electron chi connectivity index (χ0n) is 9.17. The molecule has 0 aromatic carbocycles. The summed E-state index contributed by atoms with van der Waals surface area (Å²) in [6, 6.07) is 3.15. The molecular formula is C11H15ClO3. The van der Waals surface area contributed by atoms with Gasteiger partial charge in [0.05, 0.1) is 5.60 Å². The topological polar surface area (TPSA) is 39.4 Å². The summed E-state index contributed by atoms with van der Waals surface area (Å²) in [4.78, 5) is 11.6. The highest BCUT2D eigenvalue weighted by atomic mass is 35.5. The van der Waals surface area contributed by atoms with Crippen LogP contribution in [0, 0.1) is 0 Å². The van der Waals surface area contributed by atoms with Crippen molar-refractivity contribution in [3.63, 3.8) is 0 Å². The number of furan rings is 1. The van der Waals surface area contributed by atoms with E-state index in [0.29, 0.717) is 18.6 Å². The number of carbonyl (C=O) groups is 1. The Morgan fingerprint density at radius 3 is 2.67 bits per heavy atom. The summed E-state index contributed by atoms with van der Waals surface area (Å²) in [6.07, 6.45) is 1.05. The van der Waals surface area contributed by atoms with E-state index in [1.54, 1.807) is 19.2 Å². The molecule has 0 aliphatic heterocycles. The lowest BCUT2D eigenvalue weighted by molar-refractivity contribution is 0.0139. The lowest BCUT2D eigenvalue weighted by Crippen LogP contribution is -2.23. The van der Waals surface area contributed by atoms with Gasteiger partial charge < -0.3 is 9.15 Å². The van der Waals surface area contributed by atoms with Gasteiger partial charge in [-0.2, -0.15) is 0 Å². The molecule has 0 saturated heterocycles. The van der Waals surface area contributed by atoms with E-state index in [2.05, 4.69) is 0 Å². The Labute approximate surface area is 94.4 Å². The largest absolute Gasteiger partial charge is 0.442 e. The van der Waals surface area contributed by atoms with E-state index in [1.807, 2.05) is 13.8 Å². The van der Waals surface area contributed by atoms with E-state index in [9.17, 15) is 4.79 Å². The van der Waals surface area contributed by atoms with Gasteiger partial charge in [-0.1, -0.05) is 0 Å². The van der Waals surface area contributed by atoms with E-state index in [0.717, 1.165) is 0 Å². The van der Waals surface area contributed by atoms with Crippen LogP contribution in [0.4, 0.5) is 0 Å². The minimum Gasteiger partial charge on any atom is -0.442 e. The quantitative estimate of drug-likeness (QED) is 0.729. The van der Waals surface area contributed by atoms with Gasteiger partial charge in [-0.05, 0) is 44.0 Å². The molecule has 1 aromatic rings. The summed E-state index contributed by atoms with van der Waals surface area (Å²) in [7, 11) is 1.63. The molecule has 15 heavy (non-hydrogen) atoms. The first-order chi connectivity index (χ1) is 6.94. The number of hydrogen-bond acceptors (Lipinski definition) is 3. The molecule has 0 bridgehead atoms. The molecule has 0 spiro atoms. The number of methoxy groups -OCH3 is 1.